The lowest BCUT2D eigenvalue weighted by Gasteiger charge is -2.03. The normalized spacial score (nSPS) is 10.5. The van der Waals surface area contributed by atoms with E-state index in [0.29, 0.717) is 18.0 Å². The highest BCUT2D eigenvalue weighted by Gasteiger charge is 2.12. The van der Waals surface area contributed by atoms with Crippen LogP contribution in [0, 0.1) is 0 Å². The molecule has 106 valence electrons. The molecule has 3 aromatic heterocycles. The van der Waals surface area contributed by atoms with Crippen molar-refractivity contribution in [2.75, 3.05) is 0 Å². The van der Waals surface area contributed by atoms with Gasteiger partial charge in [-0.3, -0.25) is 9.59 Å². The van der Waals surface area contributed by atoms with Crippen molar-refractivity contribution >= 4 is 17.2 Å². The van der Waals surface area contributed by atoms with Gasteiger partial charge in [-0.1, -0.05) is 0 Å². The van der Waals surface area contributed by atoms with Crippen LogP contribution in [0.4, 0.5) is 0 Å². The summed E-state index contributed by atoms with van der Waals surface area (Å²) < 4.78 is 5.19. The Kier molecular flexibility index (Phi) is 3.65. The molecule has 0 aliphatic rings. The zero-order valence-corrected chi connectivity index (χ0v) is 11.6. The number of aromatic nitrogens is 2. The molecule has 0 fully saturated rings. The highest BCUT2D eigenvalue weighted by Crippen LogP contribution is 2.15. The van der Waals surface area contributed by atoms with Crippen LogP contribution in [0.15, 0.2) is 51.3 Å². The number of H-pyrrole nitrogens is 1. The average Bonchev–Trinajstić information content (AvgIpc) is 3.18. The van der Waals surface area contributed by atoms with Gasteiger partial charge in [0.2, 0.25) is 0 Å². The Bertz CT molecular complexity index is 791. The molecule has 0 unspecified atom stereocenters. The molecule has 0 spiro atoms. The molecule has 0 atom stereocenters. The Morgan fingerprint density at radius 3 is 2.95 bits per heavy atom. The number of hydrogen-bond donors (Lipinski definition) is 2. The van der Waals surface area contributed by atoms with E-state index in [4.69, 9.17) is 4.42 Å². The fourth-order valence-corrected chi connectivity index (χ4v) is 2.38. The van der Waals surface area contributed by atoms with Crippen molar-refractivity contribution in [1.29, 1.82) is 0 Å². The summed E-state index contributed by atoms with van der Waals surface area (Å²) in [7, 11) is 0. The Morgan fingerprint density at radius 2 is 2.29 bits per heavy atom. The number of pyridine rings is 1. The van der Waals surface area contributed by atoms with E-state index in [1.807, 2.05) is 5.38 Å². The molecule has 1 amide bonds. The number of rotatable bonds is 4. The summed E-state index contributed by atoms with van der Waals surface area (Å²) in [5.74, 6) is 0.110. The van der Waals surface area contributed by atoms with Crippen LogP contribution in [0.1, 0.15) is 15.4 Å². The number of nitrogens with one attached hydrogen (secondary N) is 2. The molecule has 7 heteroatoms. The van der Waals surface area contributed by atoms with Crippen molar-refractivity contribution in [3.05, 3.63) is 63.0 Å². The molecule has 0 aromatic carbocycles. The number of carbonyl (C=O) groups excluding carboxylic acids is 1. The number of carbonyl (C=O) groups is 1. The van der Waals surface area contributed by atoms with Crippen LogP contribution in [0.25, 0.3) is 11.5 Å². The van der Waals surface area contributed by atoms with Crippen molar-refractivity contribution in [3.8, 4) is 11.5 Å². The zero-order valence-electron chi connectivity index (χ0n) is 10.8. The fraction of sp³-hybridized carbons (Fsp3) is 0.0714. The average molecular weight is 301 g/mol. The van der Waals surface area contributed by atoms with Crippen LogP contribution in [-0.2, 0) is 6.54 Å². The van der Waals surface area contributed by atoms with E-state index in [0.717, 1.165) is 5.01 Å². The van der Waals surface area contributed by atoms with E-state index in [1.54, 1.807) is 24.4 Å². The van der Waals surface area contributed by atoms with Gasteiger partial charge in [0.15, 0.2) is 0 Å². The first-order valence-electron chi connectivity index (χ1n) is 6.18. The maximum Gasteiger partial charge on any atom is 0.261 e. The Labute approximate surface area is 123 Å². The van der Waals surface area contributed by atoms with E-state index < -0.39 is 11.5 Å². The third kappa shape index (κ3) is 2.92. The number of hydrogen-bond acceptors (Lipinski definition) is 5. The third-order valence-corrected chi connectivity index (χ3v) is 3.60. The predicted octanol–water partition coefficient (Wildman–Crippen LogP) is 2.02. The SMILES string of the molecule is O=C(NCc1nccs1)c1ccc(-c2ccco2)[nH]c1=O. The van der Waals surface area contributed by atoms with E-state index in [-0.39, 0.29) is 5.56 Å². The summed E-state index contributed by atoms with van der Waals surface area (Å²) >= 11 is 1.44. The number of nitrogens with zero attached hydrogens (tertiary/aromatic N) is 1. The van der Waals surface area contributed by atoms with Gasteiger partial charge in [-0.05, 0) is 24.3 Å². The first-order valence-corrected chi connectivity index (χ1v) is 7.06. The van der Waals surface area contributed by atoms with Gasteiger partial charge in [0, 0.05) is 11.6 Å². The van der Waals surface area contributed by atoms with Gasteiger partial charge in [0.05, 0.1) is 18.5 Å². The van der Waals surface area contributed by atoms with Crippen LogP contribution in [0.2, 0.25) is 0 Å². The lowest BCUT2D eigenvalue weighted by Crippen LogP contribution is -2.29. The Hall–Kier alpha value is -2.67. The van der Waals surface area contributed by atoms with E-state index in [2.05, 4.69) is 15.3 Å². The standard InChI is InChI=1S/C14H11N3O3S/c18-13(16-8-12-15-5-7-21-12)9-3-4-10(17-14(9)19)11-2-1-6-20-11/h1-7H,8H2,(H,16,18)(H,17,19). The maximum absolute atomic E-state index is 12.0. The minimum atomic E-state index is -0.458. The molecule has 3 rings (SSSR count). The van der Waals surface area contributed by atoms with E-state index in [1.165, 1.54) is 23.7 Å². The minimum absolute atomic E-state index is 0.0573. The topological polar surface area (TPSA) is 88.0 Å². The quantitative estimate of drug-likeness (QED) is 0.771. The summed E-state index contributed by atoms with van der Waals surface area (Å²) in [6.07, 6.45) is 3.18. The molecule has 0 aliphatic heterocycles. The molecule has 6 nitrogen and oxygen atoms in total. The molecule has 21 heavy (non-hydrogen) atoms. The summed E-state index contributed by atoms with van der Waals surface area (Å²) in [5.41, 5.74) is 0.129. The second kappa shape index (κ2) is 5.76. The van der Waals surface area contributed by atoms with Gasteiger partial charge in [-0.25, -0.2) is 4.98 Å². The van der Waals surface area contributed by atoms with Gasteiger partial charge >= 0.3 is 0 Å². The summed E-state index contributed by atoms with van der Waals surface area (Å²) in [6, 6.07) is 6.57. The fourth-order valence-electron chi connectivity index (χ4n) is 1.82. The second-order valence-corrected chi connectivity index (χ2v) is 5.18. The molecule has 0 aliphatic carbocycles. The van der Waals surface area contributed by atoms with Gasteiger partial charge in [-0.15, -0.1) is 11.3 Å². The highest BCUT2D eigenvalue weighted by atomic mass is 32.1. The molecule has 0 saturated heterocycles. The highest BCUT2D eigenvalue weighted by molar-refractivity contribution is 7.09. The molecule has 3 heterocycles. The van der Waals surface area contributed by atoms with Crippen LogP contribution in [0.3, 0.4) is 0 Å². The number of thiazole rings is 1. The number of amides is 1. The van der Waals surface area contributed by atoms with Crippen molar-refractivity contribution in [2.24, 2.45) is 0 Å². The van der Waals surface area contributed by atoms with Crippen molar-refractivity contribution in [2.45, 2.75) is 6.54 Å². The summed E-state index contributed by atoms with van der Waals surface area (Å²) in [6.45, 7) is 0.301. The molecule has 0 radical (unpaired) electrons. The minimum Gasteiger partial charge on any atom is -0.463 e. The van der Waals surface area contributed by atoms with E-state index in [9.17, 15) is 9.59 Å². The Morgan fingerprint density at radius 1 is 1.38 bits per heavy atom. The van der Waals surface area contributed by atoms with Crippen molar-refractivity contribution in [1.82, 2.24) is 15.3 Å². The smallest absolute Gasteiger partial charge is 0.261 e. The molecule has 3 aromatic rings. The summed E-state index contributed by atoms with van der Waals surface area (Å²) in [4.78, 5) is 30.6. The van der Waals surface area contributed by atoms with E-state index >= 15 is 0 Å². The largest absolute Gasteiger partial charge is 0.463 e. The molecule has 2 N–H and O–H groups in total. The maximum atomic E-state index is 12.0. The van der Waals surface area contributed by atoms with Crippen LogP contribution in [0.5, 0.6) is 0 Å². The molecular weight excluding hydrogens is 290 g/mol. The summed E-state index contributed by atoms with van der Waals surface area (Å²) in [5, 5.41) is 5.27. The van der Waals surface area contributed by atoms with Gasteiger partial charge in [-0.2, -0.15) is 0 Å². The van der Waals surface area contributed by atoms with Gasteiger partial charge < -0.3 is 14.7 Å². The van der Waals surface area contributed by atoms with Gasteiger partial charge in [0.25, 0.3) is 11.5 Å². The monoisotopic (exact) mass is 301 g/mol. The van der Waals surface area contributed by atoms with Crippen LogP contribution >= 0.6 is 11.3 Å². The molecule has 0 bridgehead atoms. The van der Waals surface area contributed by atoms with Crippen LogP contribution < -0.4 is 10.9 Å². The third-order valence-electron chi connectivity index (χ3n) is 2.82. The van der Waals surface area contributed by atoms with Gasteiger partial charge in [0.1, 0.15) is 16.3 Å². The lowest BCUT2D eigenvalue weighted by molar-refractivity contribution is 0.0949. The molecule has 0 saturated carbocycles. The first-order chi connectivity index (χ1) is 10.2. The predicted molar refractivity (Wildman–Crippen MR) is 78.0 cm³/mol. The zero-order chi connectivity index (χ0) is 14.7. The Balaban J connectivity index is 1.76. The molecular formula is C14H11N3O3S. The number of furan rings is 1. The lowest BCUT2D eigenvalue weighted by atomic mass is 10.2. The van der Waals surface area contributed by atoms with Crippen molar-refractivity contribution < 1.29 is 9.21 Å². The second-order valence-electron chi connectivity index (χ2n) is 4.20. The number of aromatic amines is 1. The first kappa shape index (κ1) is 13.3. The van der Waals surface area contributed by atoms with Crippen molar-refractivity contribution in [3.63, 3.8) is 0 Å². The van der Waals surface area contributed by atoms with Crippen LogP contribution in [-0.4, -0.2) is 15.9 Å².